The molecule has 1 N–H and O–H groups in total. The number of hydrogen-bond acceptors (Lipinski definition) is 3. The zero-order valence-electron chi connectivity index (χ0n) is 9.02. The first-order valence-electron chi connectivity index (χ1n) is 4.85. The maximum Gasteiger partial charge on any atom is 0.356 e. The first kappa shape index (κ1) is 10.8. The lowest BCUT2D eigenvalue weighted by atomic mass is 10.1. The Morgan fingerprint density at radius 3 is 2.44 bits per heavy atom. The molecule has 1 heterocycles. The van der Waals surface area contributed by atoms with Gasteiger partial charge in [0.05, 0.1) is 9.88 Å². The van der Waals surface area contributed by atoms with Gasteiger partial charge in [0.1, 0.15) is 0 Å². The topological polar surface area (TPSA) is 50.2 Å². The average molecular weight is 233 g/mol. The van der Waals surface area contributed by atoms with E-state index in [9.17, 15) is 4.79 Å². The largest absolute Gasteiger partial charge is 0.476 e. The van der Waals surface area contributed by atoms with Crippen LogP contribution in [0.5, 0.6) is 0 Å². The Kier molecular flexibility index (Phi) is 2.75. The molecular formula is C12H11NO2S. The Morgan fingerprint density at radius 2 is 1.88 bits per heavy atom. The van der Waals surface area contributed by atoms with Crippen LogP contribution in [-0.2, 0) is 0 Å². The first-order valence-corrected chi connectivity index (χ1v) is 5.67. The third-order valence-corrected chi connectivity index (χ3v) is 3.27. The van der Waals surface area contributed by atoms with Crippen LogP contribution in [0.4, 0.5) is 0 Å². The van der Waals surface area contributed by atoms with Gasteiger partial charge in [-0.25, -0.2) is 9.78 Å². The summed E-state index contributed by atoms with van der Waals surface area (Å²) >= 11 is 1.41. The van der Waals surface area contributed by atoms with Crippen LogP contribution in [0.3, 0.4) is 0 Å². The van der Waals surface area contributed by atoms with Crippen LogP contribution >= 0.6 is 11.3 Å². The van der Waals surface area contributed by atoms with Crippen molar-refractivity contribution in [3.05, 3.63) is 40.5 Å². The van der Waals surface area contributed by atoms with Crippen molar-refractivity contribution in [1.29, 1.82) is 0 Å². The molecule has 4 heteroatoms. The van der Waals surface area contributed by atoms with E-state index in [4.69, 9.17) is 5.11 Å². The summed E-state index contributed by atoms with van der Waals surface area (Å²) in [6.07, 6.45) is 0. The van der Waals surface area contributed by atoms with Crippen LogP contribution in [0.25, 0.3) is 10.4 Å². The van der Waals surface area contributed by atoms with Crippen molar-refractivity contribution in [2.75, 3.05) is 0 Å². The molecule has 0 atom stereocenters. The highest BCUT2D eigenvalue weighted by Gasteiger charge is 2.16. The van der Waals surface area contributed by atoms with Crippen molar-refractivity contribution in [3.8, 4) is 10.4 Å². The molecule has 2 rings (SSSR count). The summed E-state index contributed by atoms with van der Waals surface area (Å²) in [5.74, 6) is -0.972. The molecule has 1 aromatic carbocycles. The maximum absolute atomic E-state index is 11.0. The summed E-state index contributed by atoms with van der Waals surface area (Å²) in [6.45, 7) is 3.81. The molecule has 0 aliphatic carbocycles. The Bertz CT molecular complexity index is 528. The molecule has 0 radical (unpaired) electrons. The number of carboxylic acid groups (broad SMARTS) is 1. The van der Waals surface area contributed by atoms with Crippen molar-refractivity contribution < 1.29 is 9.90 Å². The SMILES string of the molecule is Cc1ccc(-c2sc(C)nc2C(=O)O)cc1. The number of benzene rings is 1. The molecule has 16 heavy (non-hydrogen) atoms. The second kappa shape index (κ2) is 4.06. The third-order valence-electron chi connectivity index (χ3n) is 2.25. The second-order valence-electron chi connectivity index (χ2n) is 3.58. The lowest BCUT2D eigenvalue weighted by Gasteiger charge is -1.99. The molecule has 2 aromatic rings. The number of aryl methyl sites for hydroxylation is 2. The molecule has 0 bridgehead atoms. The summed E-state index contributed by atoms with van der Waals surface area (Å²) in [6, 6.07) is 7.79. The standard InChI is InChI=1S/C12H11NO2S/c1-7-3-5-9(6-4-7)11-10(12(14)15)13-8(2)16-11/h3-6H,1-2H3,(H,14,15). The fourth-order valence-electron chi connectivity index (χ4n) is 1.47. The van der Waals surface area contributed by atoms with Gasteiger partial charge in [-0.2, -0.15) is 0 Å². The minimum absolute atomic E-state index is 0.145. The second-order valence-corrected chi connectivity index (χ2v) is 4.78. The van der Waals surface area contributed by atoms with Gasteiger partial charge in [-0.05, 0) is 19.4 Å². The van der Waals surface area contributed by atoms with Gasteiger partial charge < -0.3 is 5.11 Å². The zero-order valence-corrected chi connectivity index (χ0v) is 9.84. The monoisotopic (exact) mass is 233 g/mol. The first-order chi connectivity index (χ1) is 7.58. The smallest absolute Gasteiger partial charge is 0.356 e. The third kappa shape index (κ3) is 1.97. The number of rotatable bonds is 2. The molecule has 82 valence electrons. The van der Waals surface area contributed by atoms with Crippen LogP contribution in [0, 0.1) is 13.8 Å². The Hall–Kier alpha value is -1.68. The van der Waals surface area contributed by atoms with Crippen molar-refractivity contribution in [1.82, 2.24) is 4.98 Å². The van der Waals surface area contributed by atoms with E-state index in [-0.39, 0.29) is 5.69 Å². The van der Waals surface area contributed by atoms with Crippen molar-refractivity contribution in [2.45, 2.75) is 13.8 Å². The van der Waals surface area contributed by atoms with Gasteiger partial charge in [0, 0.05) is 0 Å². The van der Waals surface area contributed by atoms with E-state index in [0.29, 0.717) is 0 Å². The van der Waals surface area contributed by atoms with Crippen LogP contribution in [-0.4, -0.2) is 16.1 Å². The Labute approximate surface area is 97.4 Å². The summed E-state index contributed by atoms with van der Waals surface area (Å²) in [5.41, 5.74) is 2.21. The molecule has 1 aromatic heterocycles. The highest BCUT2D eigenvalue weighted by atomic mass is 32.1. The molecule has 0 unspecified atom stereocenters. The number of carbonyl (C=O) groups is 1. The summed E-state index contributed by atoms with van der Waals surface area (Å²) in [7, 11) is 0. The van der Waals surface area contributed by atoms with Crippen molar-refractivity contribution in [3.63, 3.8) is 0 Å². The van der Waals surface area contributed by atoms with Crippen LogP contribution in [0.15, 0.2) is 24.3 Å². The van der Waals surface area contributed by atoms with E-state index in [1.54, 1.807) is 0 Å². The van der Waals surface area contributed by atoms with Crippen molar-refractivity contribution in [2.24, 2.45) is 0 Å². The molecule has 3 nitrogen and oxygen atoms in total. The quantitative estimate of drug-likeness (QED) is 0.867. The molecule has 0 saturated carbocycles. The average Bonchev–Trinajstić information content (AvgIpc) is 2.61. The molecule has 0 fully saturated rings. The van der Waals surface area contributed by atoms with Crippen LogP contribution in [0.2, 0.25) is 0 Å². The predicted molar refractivity (Wildman–Crippen MR) is 64.0 cm³/mol. The minimum atomic E-state index is -0.972. The molecule has 0 aliphatic rings. The van der Waals surface area contributed by atoms with E-state index in [1.807, 2.05) is 38.1 Å². The normalized spacial score (nSPS) is 10.4. The van der Waals surface area contributed by atoms with Gasteiger partial charge in [0.25, 0.3) is 0 Å². The molecule has 0 aliphatic heterocycles. The number of nitrogens with zero attached hydrogens (tertiary/aromatic N) is 1. The summed E-state index contributed by atoms with van der Waals surface area (Å²) in [4.78, 5) is 15.8. The van der Waals surface area contributed by atoms with E-state index < -0.39 is 5.97 Å². The fourth-order valence-corrected chi connectivity index (χ4v) is 2.39. The molecule has 0 saturated heterocycles. The highest BCUT2D eigenvalue weighted by molar-refractivity contribution is 7.15. The van der Waals surface area contributed by atoms with Gasteiger partial charge in [0.15, 0.2) is 5.69 Å². The van der Waals surface area contributed by atoms with E-state index in [0.717, 1.165) is 21.0 Å². The van der Waals surface area contributed by atoms with Gasteiger partial charge in [-0.15, -0.1) is 11.3 Å². The lowest BCUT2D eigenvalue weighted by Crippen LogP contribution is -1.98. The van der Waals surface area contributed by atoms with Crippen LogP contribution in [0.1, 0.15) is 21.1 Å². The van der Waals surface area contributed by atoms with Crippen LogP contribution < -0.4 is 0 Å². The minimum Gasteiger partial charge on any atom is -0.476 e. The molecule has 0 spiro atoms. The maximum atomic E-state index is 11.0. The Morgan fingerprint density at radius 1 is 1.25 bits per heavy atom. The van der Waals surface area contributed by atoms with E-state index in [1.165, 1.54) is 11.3 Å². The summed E-state index contributed by atoms with van der Waals surface area (Å²) < 4.78 is 0. The number of aromatic carboxylic acids is 1. The number of hydrogen-bond donors (Lipinski definition) is 1. The van der Waals surface area contributed by atoms with E-state index >= 15 is 0 Å². The lowest BCUT2D eigenvalue weighted by molar-refractivity contribution is 0.0692. The van der Waals surface area contributed by atoms with E-state index in [2.05, 4.69) is 4.98 Å². The van der Waals surface area contributed by atoms with Gasteiger partial charge in [0.2, 0.25) is 0 Å². The number of thiazole rings is 1. The van der Waals surface area contributed by atoms with Gasteiger partial charge in [-0.3, -0.25) is 0 Å². The Balaban J connectivity index is 2.55. The zero-order chi connectivity index (χ0) is 11.7. The van der Waals surface area contributed by atoms with Gasteiger partial charge in [-0.1, -0.05) is 29.8 Å². The number of carboxylic acids is 1. The molecule has 0 amide bonds. The summed E-state index contributed by atoms with van der Waals surface area (Å²) in [5, 5.41) is 9.81. The fraction of sp³-hybridized carbons (Fsp3) is 0.167. The molecular weight excluding hydrogens is 222 g/mol. The van der Waals surface area contributed by atoms with Crippen molar-refractivity contribution >= 4 is 17.3 Å². The number of aromatic nitrogens is 1. The highest BCUT2D eigenvalue weighted by Crippen LogP contribution is 2.30. The predicted octanol–water partition coefficient (Wildman–Crippen LogP) is 3.13. The van der Waals surface area contributed by atoms with Gasteiger partial charge >= 0.3 is 5.97 Å².